The van der Waals surface area contributed by atoms with Crippen LogP contribution < -0.4 is 5.32 Å². The highest BCUT2D eigenvalue weighted by molar-refractivity contribution is 5.79. The Kier molecular flexibility index (Phi) is 3.36. The first-order valence-electron chi connectivity index (χ1n) is 8.28. The Bertz CT molecular complexity index is 695. The fraction of sp³-hybridized carbons (Fsp3) is 0.588. The maximum atomic E-state index is 12.3. The molecular weight excluding hydrogens is 276 g/mol. The molecule has 1 aromatic carbocycles. The van der Waals surface area contributed by atoms with Crippen LogP contribution in [0.2, 0.25) is 0 Å². The molecule has 22 heavy (non-hydrogen) atoms. The number of fused-ring (bicyclic) bond motifs is 3. The van der Waals surface area contributed by atoms with Crippen molar-refractivity contribution in [3.8, 4) is 0 Å². The summed E-state index contributed by atoms with van der Waals surface area (Å²) in [5, 5.41) is 11.4. The number of nitrogens with zero attached hydrogens (tertiary/aromatic N) is 3. The summed E-state index contributed by atoms with van der Waals surface area (Å²) in [6.45, 7) is 2.40. The van der Waals surface area contributed by atoms with Crippen LogP contribution in [0.5, 0.6) is 0 Å². The van der Waals surface area contributed by atoms with E-state index in [0.29, 0.717) is 5.92 Å². The van der Waals surface area contributed by atoms with Gasteiger partial charge in [0.05, 0.1) is 5.52 Å². The van der Waals surface area contributed by atoms with Gasteiger partial charge >= 0.3 is 0 Å². The van der Waals surface area contributed by atoms with Crippen LogP contribution in [0.4, 0.5) is 0 Å². The first-order chi connectivity index (χ1) is 10.7. The fourth-order valence-corrected chi connectivity index (χ4v) is 4.48. The number of benzene rings is 1. The van der Waals surface area contributed by atoms with Gasteiger partial charge in [-0.3, -0.25) is 4.79 Å². The van der Waals surface area contributed by atoms with Crippen molar-refractivity contribution >= 4 is 16.9 Å². The number of para-hydroxylation sites is 1. The Morgan fingerprint density at radius 1 is 1.36 bits per heavy atom. The highest BCUT2D eigenvalue weighted by Crippen LogP contribution is 2.49. The minimum absolute atomic E-state index is 0.0333. The first kappa shape index (κ1) is 13.7. The third kappa shape index (κ3) is 2.38. The van der Waals surface area contributed by atoms with Crippen LogP contribution in [0.1, 0.15) is 32.6 Å². The molecule has 2 saturated carbocycles. The minimum Gasteiger partial charge on any atom is -0.352 e. The highest BCUT2D eigenvalue weighted by atomic mass is 16.2. The highest BCUT2D eigenvalue weighted by Gasteiger charge is 2.42. The van der Waals surface area contributed by atoms with E-state index in [1.807, 2.05) is 24.3 Å². The Labute approximate surface area is 130 Å². The molecule has 0 aliphatic heterocycles. The summed E-state index contributed by atoms with van der Waals surface area (Å²) in [5.74, 6) is 2.43. The van der Waals surface area contributed by atoms with Crippen LogP contribution in [0, 0.1) is 17.8 Å². The summed E-state index contributed by atoms with van der Waals surface area (Å²) < 4.78 is 1.68. The number of aromatic nitrogens is 3. The third-order valence-electron chi connectivity index (χ3n) is 5.54. The molecule has 2 aliphatic rings. The van der Waals surface area contributed by atoms with Gasteiger partial charge in [0.2, 0.25) is 5.91 Å². The lowest BCUT2D eigenvalue weighted by molar-refractivity contribution is -0.122. The molecule has 1 N–H and O–H groups in total. The number of nitrogens with one attached hydrogen (secondary N) is 1. The summed E-state index contributed by atoms with van der Waals surface area (Å²) >= 11 is 0. The molecule has 2 bridgehead atoms. The van der Waals surface area contributed by atoms with Gasteiger partial charge in [-0.05, 0) is 56.1 Å². The Morgan fingerprint density at radius 3 is 3.00 bits per heavy atom. The Morgan fingerprint density at radius 2 is 2.23 bits per heavy atom. The van der Waals surface area contributed by atoms with Crippen molar-refractivity contribution in [3.05, 3.63) is 24.3 Å². The molecule has 2 aromatic rings. The van der Waals surface area contributed by atoms with Crippen LogP contribution in [0.25, 0.3) is 11.0 Å². The summed E-state index contributed by atoms with van der Waals surface area (Å²) in [6.07, 6.45) is 5.41. The normalized spacial score (nSPS) is 28.1. The molecule has 1 heterocycles. The van der Waals surface area contributed by atoms with Crippen molar-refractivity contribution in [2.45, 2.75) is 45.2 Å². The molecule has 0 saturated heterocycles. The predicted octanol–water partition coefficient (Wildman–Crippen LogP) is 2.37. The molecule has 0 spiro atoms. The number of rotatable bonds is 4. The van der Waals surface area contributed by atoms with Gasteiger partial charge in [-0.15, -0.1) is 5.10 Å². The van der Waals surface area contributed by atoms with Crippen molar-refractivity contribution in [1.82, 2.24) is 20.3 Å². The molecule has 2 aliphatic carbocycles. The van der Waals surface area contributed by atoms with Crippen LogP contribution in [-0.4, -0.2) is 26.9 Å². The number of carbonyl (C=O) groups excluding carboxylic acids is 1. The lowest BCUT2D eigenvalue weighted by atomic mass is 9.84. The van der Waals surface area contributed by atoms with E-state index in [1.165, 1.54) is 25.7 Å². The summed E-state index contributed by atoms with van der Waals surface area (Å²) in [4.78, 5) is 12.3. The number of carbonyl (C=O) groups is 1. The molecule has 5 nitrogen and oxygen atoms in total. The molecule has 0 radical (unpaired) electrons. The van der Waals surface area contributed by atoms with Crippen molar-refractivity contribution in [3.63, 3.8) is 0 Å². The second-order valence-electron chi connectivity index (χ2n) is 6.93. The van der Waals surface area contributed by atoms with Crippen LogP contribution in [0.3, 0.4) is 0 Å². The lowest BCUT2D eigenvalue weighted by Crippen LogP contribution is -2.41. The van der Waals surface area contributed by atoms with Gasteiger partial charge in [0.1, 0.15) is 12.1 Å². The van der Waals surface area contributed by atoms with Gasteiger partial charge in [0, 0.05) is 6.04 Å². The summed E-state index contributed by atoms with van der Waals surface area (Å²) in [6, 6.07) is 7.99. The average Bonchev–Trinajstić information content (AvgIpc) is 3.22. The van der Waals surface area contributed by atoms with E-state index < -0.39 is 0 Å². The summed E-state index contributed by atoms with van der Waals surface area (Å²) in [7, 11) is 0. The van der Waals surface area contributed by atoms with Crippen molar-refractivity contribution < 1.29 is 4.79 Å². The standard InChI is InChI=1S/C17H22N4O/c1-11(14-9-12-6-7-13(14)8-12)18-17(22)10-21-16-5-3-2-4-15(16)19-20-21/h2-5,11-14H,6-10H2,1H3,(H,18,22). The molecular formula is C17H22N4O. The molecule has 4 atom stereocenters. The van der Waals surface area contributed by atoms with Crippen molar-refractivity contribution in [2.75, 3.05) is 0 Å². The van der Waals surface area contributed by atoms with Gasteiger partial charge < -0.3 is 5.32 Å². The lowest BCUT2D eigenvalue weighted by Gasteiger charge is -2.28. The zero-order chi connectivity index (χ0) is 15.1. The smallest absolute Gasteiger partial charge is 0.242 e. The largest absolute Gasteiger partial charge is 0.352 e. The average molecular weight is 298 g/mol. The van der Waals surface area contributed by atoms with E-state index in [9.17, 15) is 4.79 Å². The van der Waals surface area contributed by atoms with E-state index in [4.69, 9.17) is 0 Å². The minimum atomic E-state index is 0.0333. The molecule has 4 unspecified atom stereocenters. The van der Waals surface area contributed by atoms with E-state index in [1.54, 1.807) is 4.68 Å². The van der Waals surface area contributed by atoms with Crippen LogP contribution >= 0.6 is 0 Å². The molecule has 2 fully saturated rings. The van der Waals surface area contributed by atoms with E-state index >= 15 is 0 Å². The molecule has 4 rings (SSSR count). The van der Waals surface area contributed by atoms with Gasteiger partial charge in [-0.1, -0.05) is 23.8 Å². The molecule has 1 amide bonds. The molecule has 1 aromatic heterocycles. The molecule has 5 heteroatoms. The second kappa shape index (κ2) is 5.38. The third-order valence-corrected chi connectivity index (χ3v) is 5.54. The first-order valence-corrected chi connectivity index (χ1v) is 8.28. The van der Waals surface area contributed by atoms with Gasteiger partial charge in [0.15, 0.2) is 0 Å². The van der Waals surface area contributed by atoms with Crippen LogP contribution in [-0.2, 0) is 11.3 Å². The van der Waals surface area contributed by atoms with E-state index in [-0.39, 0.29) is 18.5 Å². The fourth-order valence-electron chi connectivity index (χ4n) is 4.48. The number of amides is 1. The van der Waals surface area contributed by atoms with Gasteiger partial charge in [-0.2, -0.15) is 0 Å². The maximum absolute atomic E-state index is 12.3. The van der Waals surface area contributed by atoms with E-state index in [0.717, 1.165) is 22.9 Å². The van der Waals surface area contributed by atoms with Crippen molar-refractivity contribution in [2.24, 2.45) is 17.8 Å². The zero-order valence-corrected chi connectivity index (χ0v) is 12.9. The SMILES string of the molecule is CC(NC(=O)Cn1nnc2ccccc21)C1CC2CCC1C2. The van der Waals surface area contributed by atoms with Crippen LogP contribution in [0.15, 0.2) is 24.3 Å². The topological polar surface area (TPSA) is 59.8 Å². The number of hydrogen-bond donors (Lipinski definition) is 1. The second-order valence-corrected chi connectivity index (χ2v) is 6.93. The van der Waals surface area contributed by atoms with Crippen molar-refractivity contribution in [1.29, 1.82) is 0 Å². The maximum Gasteiger partial charge on any atom is 0.242 e. The number of hydrogen-bond acceptors (Lipinski definition) is 3. The van der Waals surface area contributed by atoms with Gasteiger partial charge in [-0.25, -0.2) is 4.68 Å². The molecule has 116 valence electrons. The monoisotopic (exact) mass is 298 g/mol. The quantitative estimate of drug-likeness (QED) is 0.942. The predicted molar refractivity (Wildman–Crippen MR) is 84.1 cm³/mol. The van der Waals surface area contributed by atoms with E-state index in [2.05, 4.69) is 22.6 Å². The zero-order valence-electron chi connectivity index (χ0n) is 12.9. The van der Waals surface area contributed by atoms with Gasteiger partial charge in [0.25, 0.3) is 0 Å². The summed E-state index contributed by atoms with van der Waals surface area (Å²) in [5.41, 5.74) is 1.74. The Hall–Kier alpha value is -1.91. The Balaban J connectivity index is 1.40.